The molecule has 2 fully saturated rings. The minimum atomic E-state index is -3.38. The van der Waals surface area contributed by atoms with Crippen molar-refractivity contribution in [3.8, 4) is 0 Å². The molecule has 24 heavy (non-hydrogen) atoms. The number of hydrogen-bond acceptors (Lipinski definition) is 3. The van der Waals surface area contributed by atoms with Crippen molar-refractivity contribution in [2.45, 2.75) is 17.5 Å². The lowest BCUT2D eigenvalue weighted by molar-refractivity contribution is 0.0435. The summed E-state index contributed by atoms with van der Waals surface area (Å²) in [4.78, 5) is 2.74. The van der Waals surface area contributed by atoms with Gasteiger partial charge in [0.1, 0.15) is 0 Å². The molecule has 0 saturated carbocycles. The van der Waals surface area contributed by atoms with Crippen LogP contribution in [0, 0.1) is 5.92 Å². The highest BCUT2D eigenvalue weighted by Gasteiger charge is 2.48. The van der Waals surface area contributed by atoms with Crippen LogP contribution in [0.5, 0.6) is 0 Å². The molecular weight excluding hydrogens is 344 g/mol. The Hall–Kier alpha value is -1.40. The summed E-state index contributed by atoms with van der Waals surface area (Å²) in [6.45, 7) is 3.00. The van der Waals surface area contributed by atoms with Crippen LogP contribution < -0.4 is 0 Å². The zero-order valence-electron chi connectivity index (χ0n) is 13.2. The number of rotatable bonds is 4. The molecule has 6 heteroatoms. The van der Waals surface area contributed by atoms with Crippen LogP contribution in [-0.4, -0.2) is 43.3 Å². The van der Waals surface area contributed by atoms with E-state index in [1.807, 2.05) is 30.3 Å². The molecule has 4 rings (SSSR count). The second-order valence-electron chi connectivity index (χ2n) is 6.52. The molecule has 0 radical (unpaired) electrons. The quantitative estimate of drug-likeness (QED) is 0.839. The van der Waals surface area contributed by atoms with Crippen LogP contribution in [0.4, 0.5) is 0 Å². The summed E-state index contributed by atoms with van der Waals surface area (Å²) in [7, 11) is -3.38. The van der Waals surface area contributed by atoms with Gasteiger partial charge in [-0.3, -0.25) is 4.90 Å². The molecule has 0 aliphatic carbocycles. The number of hydrogen-bond donors (Lipinski definition) is 0. The molecule has 2 heterocycles. The first kappa shape index (κ1) is 16.1. The van der Waals surface area contributed by atoms with Gasteiger partial charge in [-0.15, -0.1) is 0 Å². The summed E-state index contributed by atoms with van der Waals surface area (Å²) >= 11 is 5.93. The molecule has 0 bridgehead atoms. The predicted molar refractivity (Wildman–Crippen MR) is 94.3 cm³/mol. The largest absolute Gasteiger partial charge is 0.294 e. The topological polar surface area (TPSA) is 40.6 Å². The Morgan fingerprint density at radius 3 is 2.38 bits per heavy atom. The maximum Gasteiger partial charge on any atom is 0.243 e. The molecule has 4 nitrogen and oxygen atoms in total. The van der Waals surface area contributed by atoms with Crippen LogP contribution in [0.15, 0.2) is 59.5 Å². The molecule has 2 saturated heterocycles. The van der Waals surface area contributed by atoms with Crippen LogP contribution >= 0.6 is 11.6 Å². The normalized spacial score (nSPS) is 24.5. The fraction of sp³-hybridized carbons (Fsp3) is 0.333. The van der Waals surface area contributed by atoms with E-state index >= 15 is 0 Å². The zero-order chi connectivity index (χ0) is 16.7. The Morgan fingerprint density at radius 1 is 0.958 bits per heavy atom. The molecule has 126 valence electrons. The standard InChI is InChI=1S/C18H19ClN2O2S/c19-16-8-6-14(7-9-16)10-20-11-15-12-21(13-18(15)20)24(22,23)17-4-2-1-3-5-17/h1-9,15,18H,10-13H2/t15-,18-/m0/s1. The summed E-state index contributed by atoms with van der Waals surface area (Å²) < 4.78 is 27.1. The van der Waals surface area contributed by atoms with E-state index in [-0.39, 0.29) is 0 Å². The molecule has 0 amide bonds. The molecule has 2 aliphatic rings. The van der Waals surface area contributed by atoms with Crippen LogP contribution in [0.3, 0.4) is 0 Å². The third-order valence-electron chi connectivity index (χ3n) is 4.99. The van der Waals surface area contributed by atoms with Crippen molar-refractivity contribution in [1.82, 2.24) is 9.21 Å². The van der Waals surface area contributed by atoms with E-state index in [1.54, 1.807) is 28.6 Å². The number of halogens is 1. The Bertz CT molecular complexity index is 824. The third kappa shape index (κ3) is 2.86. The van der Waals surface area contributed by atoms with Gasteiger partial charge in [-0.25, -0.2) is 8.42 Å². The second kappa shape index (κ2) is 6.15. The smallest absolute Gasteiger partial charge is 0.243 e. The summed E-state index contributed by atoms with van der Waals surface area (Å²) in [5, 5.41) is 0.737. The molecule has 0 aromatic heterocycles. The van der Waals surface area contributed by atoms with Gasteiger partial charge in [-0.1, -0.05) is 41.9 Å². The van der Waals surface area contributed by atoms with Crippen molar-refractivity contribution in [1.29, 1.82) is 0 Å². The van der Waals surface area contributed by atoms with Gasteiger partial charge in [0.15, 0.2) is 0 Å². The van der Waals surface area contributed by atoms with Crippen molar-refractivity contribution in [3.05, 3.63) is 65.2 Å². The number of fused-ring (bicyclic) bond motifs is 1. The summed E-state index contributed by atoms with van der Waals surface area (Å²) in [6.07, 6.45) is 0. The van der Waals surface area contributed by atoms with E-state index < -0.39 is 10.0 Å². The van der Waals surface area contributed by atoms with Crippen LogP contribution in [0.25, 0.3) is 0 Å². The second-order valence-corrected chi connectivity index (χ2v) is 8.89. The maximum absolute atomic E-state index is 12.7. The van der Waals surface area contributed by atoms with Gasteiger partial charge < -0.3 is 0 Å². The fourth-order valence-electron chi connectivity index (χ4n) is 3.65. The Balaban J connectivity index is 1.44. The van der Waals surface area contributed by atoms with Crippen LogP contribution in [-0.2, 0) is 16.6 Å². The van der Waals surface area contributed by atoms with Crippen LogP contribution in [0.2, 0.25) is 5.02 Å². The van der Waals surface area contributed by atoms with Gasteiger partial charge in [-0.05, 0) is 29.8 Å². The lowest BCUT2D eigenvalue weighted by Crippen LogP contribution is -2.54. The first-order valence-corrected chi connectivity index (χ1v) is 9.89. The van der Waals surface area contributed by atoms with Gasteiger partial charge >= 0.3 is 0 Å². The summed E-state index contributed by atoms with van der Waals surface area (Å²) in [6, 6.07) is 16.9. The fourth-order valence-corrected chi connectivity index (χ4v) is 5.31. The van der Waals surface area contributed by atoms with Gasteiger partial charge in [0.25, 0.3) is 0 Å². The van der Waals surface area contributed by atoms with Crippen molar-refractivity contribution in [2.75, 3.05) is 19.6 Å². The SMILES string of the molecule is O=S(=O)(c1ccccc1)N1C[C@@H]2CN(Cc3ccc(Cl)cc3)[C@H]2C1. The van der Waals surface area contributed by atoms with E-state index in [2.05, 4.69) is 4.90 Å². The Labute approximate surface area is 147 Å². The first-order chi connectivity index (χ1) is 11.5. The number of sulfonamides is 1. The van der Waals surface area contributed by atoms with Crippen LogP contribution in [0.1, 0.15) is 5.56 Å². The van der Waals surface area contributed by atoms with E-state index in [4.69, 9.17) is 11.6 Å². The first-order valence-electron chi connectivity index (χ1n) is 8.08. The number of nitrogens with zero attached hydrogens (tertiary/aromatic N) is 2. The van der Waals surface area contributed by atoms with E-state index in [1.165, 1.54) is 5.56 Å². The minimum absolute atomic E-state index is 0.319. The van der Waals surface area contributed by atoms with Gasteiger partial charge in [0.05, 0.1) is 4.90 Å². The lowest BCUT2D eigenvalue weighted by Gasteiger charge is -2.43. The van der Waals surface area contributed by atoms with Crippen molar-refractivity contribution < 1.29 is 8.42 Å². The molecule has 0 spiro atoms. The molecule has 2 aromatic rings. The number of likely N-dealkylation sites (tertiary alicyclic amines) is 1. The van der Waals surface area contributed by atoms with E-state index in [0.717, 1.165) is 18.1 Å². The molecule has 2 atom stereocenters. The highest BCUT2D eigenvalue weighted by Crippen LogP contribution is 2.36. The minimum Gasteiger partial charge on any atom is -0.294 e. The van der Waals surface area contributed by atoms with Gasteiger partial charge in [0, 0.05) is 43.2 Å². The average Bonchev–Trinajstić information content (AvgIpc) is 2.93. The molecule has 2 aliphatic heterocycles. The zero-order valence-corrected chi connectivity index (χ0v) is 14.7. The molecule has 0 unspecified atom stereocenters. The molecule has 2 aromatic carbocycles. The summed E-state index contributed by atoms with van der Waals surface area (Å²) in [5.74, 6) is 0.441. The lowest BCUT2D eigenvalue weighted by atomic mass is 9.91. The number of benzene rings is 2. The average molecular weight is 363 g/mol. The van der Waals surface area contributed by atoms with E-state index in [9.17, 15) is 8.42 Å². The van der Waals surface area contributed by atoms with Crippen molar-refractivity contribution in [3.63, 3.8) is 0 Å². The summed E-state index contributed by atoms with van der Waals surface area (Å²) in [5.41, 5.74) is 1.21. The van der Waals surface area contributed by atoms with Crippen molar-refractivity contribution >= 4 is 21.6 Å². The predicted octanol–water partition coefficient (Wildman–Crippen LogP) is 2.84. The highest BCUT2D eigenvalue weighted by molar-refractivity contribution is 7.89. The Kier molecular flexibility index (Phi) is 4.12. The molecule has 0 N–H and O–H groups in total. The highest BCUT2D eigenvalue weighted by atomic mass is 35.5. The van der Waals surface area contributed by atoms with Gasteiger partial charge in [-0.2, -0.15) is 4.31 Å². The third-order valence-corrected chi connectivity index (χ3v) is 7.09. The maximum atomic E-state index is 12.7. The van der Waals surface area contributed by atoms with Crippen molar-refractivity contribution in [2.24, 2.45) is 5.92 Å². The molecular formula is C18H19ClN2O2S. The monoisotopic (exact) mass is 362 g/mol. The Morgan fingerprint density at radius 2 is 1.67 bits per heavy atom. The van der Waals surface area contributed by atoms with Gasteiger partial charge in [0.2, 0.25) is 10.0 Å². The van der Waals surface area contributed by atoms with E-state index in [0.29, 0.717) is 29.9 Å².